The predicted molar refractivity (Wildman–Crippen MR) is 73.2 cm³/mol. The first kappa shape index (κ1) is 14.5. The van der Waals surface area contributed by atoms with Crippen LogP contribution in [0, 0.1) is 12.3 Å². The lowest BCUT2D eigenvalue weighted by Crippen LogP contribution is -2.30. The van der Waals surface area contributed by atoms with E-state index in [1.54, 1.807) is 0 Å². The van der Waals surface area contributed by atoms with E-state index in [0.717, 1.165) is 18.7 Å². The lowest BCUT2D eigenvalue weighted by molar-refractivity contribution is 0.550. The van der Waals surface area contributed by atoms with Crippen molar-refractivity contribution in [2.45, 2.75) is 51.7 Å². The zero-order valence-electron chi connectivity index (χ0n) is 11.9. The minimum atomic E-state index is -3.54. The lowest BCUT2D eigenvalue weighted by Gasteiger charge is -2.08. The van der Waals surface area contributed by atoms with Crippen LogP contribution in [0.3, 0.4) is 0 Å². The third kappa shape index (κ3) is 2.98. The van der Waals surface area contributed by atoms with E-state index >= 15 is 0 Å². The summed E-state index contributed by atoms with van der Waals surface area (Å²) in [5, 5.41) is 9.97. The van der Waals surface area contributed by atoms with Crippen LogP contribution in [0.5, 0.6) is 0 Å². The van der Waals surface area contributed by atoms with Gasteiger partial charge in [-0.25, -0.2) is 13.1 Å². The minimum Gasteiger partial charge on any atom is -0.313 e. The number of sulfonamides is 1. The summed E-state index contributed by atoms with van der Waals surface area (Å²) in [6.45, 7) is 9.20. The Bertz CT molecular complexity index is 562. The summed E-state index contributed by atoms with van der Waals surface area (Å²) in [6, 6.07) is 0.0153. The van der Waals surface area contributed by atoms with Gasteiger partial charge in [0.15, 0.2) is 5.03 Å². The minimum absolute atomic E-state index is 0.0153. The van der Waals surface area contributed by atoms with Gasteiger partial charge in [-0.1, -0.05) is 20.8 Å². The number of aromatic amines is 1. The first-order valence-corrected chi connectivity index (χ1v) is 8.03. The van der Waals surface area contributed by atoms with Crippen LogP contribution in [0.25, 0.3) is 0 Å². The van der Waals surface area contributed by atoms with E-state index in [0.29, 0.717) is 12.1 Å². The molecule has 0 saturated heterocycles. The molecule has 19 heavy (non-hydrogen) atoms. The Morgan fingerprint density at radius 1 is 1.47 bits per heavy atom. The molecule has 1 aliphatic carbocycles. The average molecular weight is 286 g/mol. The highest BCUT2D eigenvalue weighted by Crippen LogP contribution is 2.45. The monoisotopic (exact) mass is 286 g/mol. The molecule has 0 aliphatic heterocycles. The number of H-pyrrole nitrogens is 1. The SMILES string of the molecule is CCNCc1c(S(=O)(=O)NC2CC2(C)C)n[nH]c1C. The maximum Gasteiger partial charge on any atom is 0.260 e. The van der Waals surface area contributed by atoms with E-state index in [1.165, 1.54) is 0 Å². The van der Waals surface area contributed by atoms with Gasteiger partial charge in [0.25, 0.3) is 10.0 Å². The van der Waals surface area contributed by atoms with Gasteiger partial charge in [-0.15, -0.1) is 0 Å². The Morgan fingerprint density at radius 2 is 2.11 bits per heavy atom. The van der Waals surface area contributed by atoms with Crippen molar-refractivity contribution >= 4 is 10.0 Å². The molecule has 1 atom stereocenters. The van der Waals surface area contributed by atoms with E-state index in [4.69, 9.17) is 0 Å². The Labute approximate surface area is 114 Å². The molecule has 1 aromatic rings. The molecule has 0 spiro atoms. The highest BCUT2D eigenvalue weighted by molar-refractivity contribution is 7.89. The van der Waals surface area contributed by atoms with Crippen LogP contribution in [0.4, 0.5) is 0 Å². The quantitative estimate of drug-likeness (QED) is 0.725. The third-order valence-corrected chi connectivity index (χ3v) is 5.09. The van der Waals surface area contributed by atoms with E-state index < -0.39 is 10.0 Å². The van der Waals surface area contributed by atoms with Gasteiger partial charge in [0, 0.05) is 23.8 Å². The lowest BCUT2D eigenvalue weighted by atomic mass is 10.2. The van der Waals surface area contributed by atoms with Gasteiger partial charge < -0.3 is 5.32 Å². The van der Waals surface area contributed by atoms with E-state index in [2.05, 4.69) is 34.1 Å². The highest BCUT2D eigenvalue weighted by atomic mass is 32.2. The Hall–Kier alpha value is -0.920. The van der Waals surface area contributed by atoms with E-state index in [1.807, 2.05) is 13.8 Å². The second kappa shape index (κ2) is 4.88. The van der Waals surface area contributed by atoms with Crippen molar-refractivity contribution in [1.29, 1.82) is 0 Å². The molecule has 0 radical (unpaired) electrons. The van der Waals surface area contributed by atoms with Crippen LogP contribution >= 0.6 is 0 Å². The summed E-state index contributed by atoms with van der Waals surface area (Å²) >= 11 is 0. The van der Waals surface area contributed by atoms with Crippen molar-refractivity contribution in [3.63, 3.8) is 0 Å². The number of rotatable bonds is 6. The molecule has 1 heterocycles. The molecule has 7 heteroatoms. The van der Waals surface area contributed by atoms with Crippen LogP contribution in [-0.2, 0) is 16.6 Å². The summed E-state index contributed by atoms with van der Waals surface area (Å²) in [7, 11) is -3.54. The number of aryl methyl sites for hydroxylation is 1. The van der Waals surface area contributed by atoms with Crippen LogP contribution in [0.15, 0.2) is 5.03 Å². The molecule has 0 bridgehead atoms. The summed E-state index contributed by atoms with van der Waals surface area (Å²) in [5.74, 6) is 0. The Kier molecular flexibility index (Phi) is 3.72. The fraction of sp³-hybridized carbons (Fsp3) is 0.750. The van der Waals surface area contributed by atoms with Gasteiger partial charge in [-0.3, -0.25) is 5.10 Å². The molecule has 1 fully saturated rings. The Balaban J connectivity index is 2.20. The third-order valence-electron chi connectivity index (χ3n) is 3.65. The second-order valence-electron chi connectivity index (χ2n) is 5.78. The number of nitrogens with one attached hydrogen (secondary N) is 3. The maximum atomic E-state index is 12.3. The number of nitrogens with zero attached hydrogens (tertiary/aromatic N) is 1. The standard InChI is InChI=1S/C12H22N4O2S/c1-5-13-7-9-8(2)14-15-11(9)19(17,18)16-10-6-12(10,3)4/h10,13,16H,5-7H2,1-4H3,(H,14,15). The summed E-state index contributed by atoms with van der Waals surface area (Å²) < 4.78 is 27.4. The van der Waals surface area contributed by atoms with Crippen LogP contribution in [0.1, 0.15) is 38.4 Å². The maximum absolute atomic E-state index is 12.3. The number of hydrogen-bond acceptors (Lipinski definition) is 4. The molecule has 1 saturated carbocycles. The molecule has 2 rings (SSSR count). The molecular weight excluding hydrogens is 264 g/mol. The van der Waals surface area contributed by atoms with Crippen molar-refractivity contribution in [2.24, 2.45) is 5.41 Å². The predicted octanol–water partition coefficient (Wildman–Crippen LogP) is 0.904. The fourth-order valence-electron chi connectivity index (χ4n) is 2.02. The average Bonchev–Trinajstić information content (AvgIpc) is 2.71. The topological polar surface area (TPSA) is 86.9 Å². The molecular formula is C12H22N4O2S. The zero-order valence-corrected chi connectivity index (χ0v) is 12.7. The second-order valence-corrected chi connectivity index (χ2v) is 7.41. The van der Waals surface area contributed by atoms with Gasteiger partial charge in [0.05, 0.1) is 0 Å². The van der Waals surface area contributed by atoms with Crippen molar-refractivity contribution < 1.29 is 8.42 Å². The van der Waals surface area contributed by atoms with Gasteiger partial charge in [-0.05, 0) is 25.3 Å². The smallest absolute Gasteiger partial charge is 0.260 e. The first-order chi connectivity index (χ1) is 8.78. The molecule has 6 nitrogen and oxygen atoms in total. The molecule has 0 aromatic carbocycles. The number of aromatic nitrogens is 2. The van der Waals surface area contributed by atoms with Crippen LogP contribution < -0.4 is 10.0 Å². The first-order valence-electron chi connectivity index (χ1n) is 6.55. The van der Waals surface area contributed by atoms with Gasteiger partial charge in [0.2, 0.25) is 0 Å². The molecule has 0 amide bonds. The zero-order chi connectivity index (χ0) is 14.3. The van der Waals surface area contributed by atoms with Gasteiger partial charge in [-0.2, -0.15) is 5.10 Å². The van der Waals surface area contributed by atoms with Gasteiger partial charge in [0.1, 0.15) is 0 Å². The normalized spacial score (nSPS) is 21.6. The molecule has 108 valence electrons. The molecule has 1 unspecified atom stereocenters. The van der Waals surface area contributed by atoms with Crippen molar-refractivity contribution in [2.75, 3.05) is 6.54 Å². The highest BCUT2D eigenvalue weighted by Gasteiger charge is 2.48. The van der Waals surface area contributed by atoms with Crippen LogP contribution in [-0.4, -0.2) is 31.2 Å². The van der Waals surface area contributed by atoms with Crippen molar-refractivity contribution in [3.05, 3.63) is 11.3 Å². The molecule has 3 N–H and O–H groups in total. The fourth-order valence-corrected chi connectivity index (χ4v) is 3.63. The molecule has 1 aromatic heterocycles. The van der Waals surface area contributed by atoms with Crippen LogP contribution in [0.2, 0.25) is 0 Å². The Morgan fingerprint density at radius 3 is 2.63 bits per heavy atom. The molecule has 1 aliphatic rings. The largest absolute Gasteiger partial charge is 0.313 e. The van der Waals surface area contributed by atoms with Crippen molar-refractivity contribution in [1.82, 2.24) is 20.2 Å². The van der Waals surface area contributed by atoms with E-state index in [9.17, 15) is 8.42 Å². The number of hydrogen-bond donors (Lipinski definition) is 3. The summed E-state index contributed by atoms with van der Waals surface area (Å²) in [5.41, 5.74) is 1.56. The van der Waals surface area contributed by atoms with E-state index in [-0.39, 0.29) is 16.5 Å². The summed E-state index contributed by atoms with van der Waals surface area (Å²) in [6.07, 6.45) is 0.873. The van der Waals surface area contributed by atoms with Gasteiger partial charge >= 0.3 is 0 Å². The summed E-state index contributed by atoms with van der Waals surface area (Å²) in [4.78, 5) is 0. The van der Waals surface area contributed by atoms with Crippen molar-refractivity contribution in [3.8, 4) is 0 Å².